The monoisotopic (exact) mass is 360 g/mol. The fourth-order valence-electron chi connectivity index (χ4n) is 3.47. The maximum absolute atomic E-state index is 12.9. The fourth-order valence-corrected chi connectivity index (χ4v) is 3.47. The first-order chi connectivity index (χ1) is 12.9. The Morgan fingerprint density at radius 2 is 1.81 bits per heavy atom. The Labute approximate surface area is 156 Å². The van der Waals surface area contributed by atoms with Crippen LogP contribution in [-0.4, -0.2) is 15.3 Å². The minimum absolute atomic E-state index is 0.0679. The molecule has 0 aliphatic rings. The Hall–Kier alpha value is -3.21. The van der Waals surface area contributed by atoms with E-state index in [-0.39, 0.29) is 23.5 Å². The van der Waals surface area contributed by atoms with Crippen molar-refractivity contribution in [1.82, 2.24) is 9.55 Å². The molecule has 0 bridgehead atoms. The first-order valence-electron chi connectivity index (χ1n) is 8.85. The molecular formula is C22H20N2O3. The summed E-state index contributed by atoms with van der Waals surface area (Å²) in [7, 11) is 0. The first-order valence-corrected chi connectivity index (χ1v) is 8.85. The number of furan rings is 1. The molecule has 0 saturated carbocycles. The van der Waals surface area contributed by atoms with E-state index in [1.165, 1.54) is 16.5 Å². The Bertz CT molecular complexity index is 1280. The Balaban J connectivity index is 1.78. The standard InChI is InChI=1S/C22H20N2O3/c1-12-9-17(15(4)14(3)13(12)2)18(25)10-24-11-23-20-16-7-5-6-8-19(16)27-21(20)22(24)26/h5-9,11H,10H2,1-4H3. The summed E-state index contributed by atoms with van der Waals surface area (Å²) in [5.74, 6) is -0.113. The first kappa shape index (κ1) is 17.2. The van der Waals surface area contributed by atoms with Crippen molar-refractivity contribution in [2.24, 2.45) is 0 Å². The van der Waals surface area contributed by atoms with Crippen LogP contribution >= 0.6 is 0 Å². The van der Waals surface area contributed by atoms with Gasteiger partial charge in [0.15, 0.2) is 5.78 Å². The normalized spacial score (nSPS) is 11.4. The highest BCUT2D eigenvalue weighted by Gasteiger charge is 2.17. The molecule has 0 atom stereocenters. The zero-order chi connectivity index (χ0) is 19.3. The van der Waals surface area contributed by atoms with E-state index in [1.807, 2.05) is 45.0 Å². The molecule has 2 aromatic carbocycles. The largest absolute Gasteiger partial charge is 0.448 e. The molecule has 0 unspecified atom stereocenters. The van der Waals surface area contributed by atoms with Gasteiger partial charge in [-0.05, 0) is 68.1 Å². The predicted molar refractivity (Wildman–Crippen MR) is 105 cm³/mol. The van der Waals surface area contributed by atoms with Gasteiger partial charge in [-0.1, -0.05) is 12.1 Å². The molecule has 0 aliphatic heterocycles. The van der Waals surface area contributed by atoms with Crippen molar-refractivity contribution in [3.63, 3.8) is 0 Å². The van der Waals surface area contributed by atoms with E-state index in [4.69, 9.17) is 4.42 Å². The van der Waals surface area contributed by atoms with Gasteiger partial charge in [0.1, 0.15) is 11.1 Å². The zero-order valence-corrected chi connectivity index (χ0v) is 15.8. The summed E-state index contributed by atoms with van der Waals surface area (Å²) in [5.41, 5.74) is 5.94. The maximum Gasteiger partial charge on any atom is 0.297 e. The summed E-state index contributed by atoms with van der Waals surface area (Å²) in [6.07, 6.45) is 1.42. The van der Waals surface area contributed by atoms with E-state index in [0.29, 0.717) is 16.7 Å². The van der Waals surface area contributed by atoms with Gasteiger partial charge < -0.3 is 4.42 Å². The van der Waals surface area contributed by atoms with E-state index in [9.17, 15) is 9.59 Å². The molecule has 2 heterocycles. The van der Waals surface area contributed by atoms with E-state index in [0.717, 1.165) is 22.1 Å². The molecule has 5 nitrogen and oxygen atoms in total. The molecule has 0 N–H and O–H groups in total. The number of aryl methyl sites for hydroxylation is 1. The average molecular weight is 360 g/mol. The third-order valence-electron chi connectivity index (χ3n) is 5.45. The molecule has 27 heavy (non-hydrogen) atoms. The molecule has 2 aromatic heterocycles. The number of carbonyl (C=O) groups excluding carboxylic acids is 1. The minimum Gasteiger partial charge on any atom is -0.448 e. The number of fused-ring (bicyclic) bond motifs is 3. The van der Waals surface area contributed by atoms with Crippen LogP contribution in [0.3, 0.4) is 0 Å². The summed E-state index contributed by atoms with van der Waals surface area (Å²) in [5, 5.41) is 0.795. The molecule has 0 radical (unpaired) electrons. The molecule has 0 spiro atoms. The average Bonchev–Trinajstić information content (AvgIpc) is 3.04. The molecular weight excluding hydrogens is 340 g/mol. The molecule has 4 aromatic rings. The summed E-state index contributed by atoms with van der Waals surface area (Å²) in [6, 6.07) is 9.28. The van der Waals surface area contributed by atoms with Crippen molar-refractivity contribution < 1.29 is 9.21 Å². The number of hydrogen-bond donors (Lipinski definition) is 0. The molecule has 0 aliphatic carbocycles. The Morgan fingerprint density at radius 3 is 2.59 bits per heavy atom. The second-order valence-electron chi connectivity index (χ2n) is 6.99. The number of ketones is 1. The van der Waals surface area contributed by atoms with Gasteiger partial charge in [0.25, 0.3) is 5.56 Å². The highest BCUT2D eigenvalue weighted by molar-refractivity contribution is 6.02. The summed E-state index contributed by atoms with van der Waals surface area (Å²) in [6.45, 7) is 7.94. The number of benzene rings is 2. The SMILES string of the molecule is Cc1cc(C(=O)Cn2cnc3c(oc4ccccc43)c2=O)c(C)c(C)c1C. The van der Waals surface area contributed by atoms with E-state index in [2.05, 4.69) is 11.9 Å². The summed E-state index contributed by atoms with van der Waals surface area (Å²) < 4.78 is 7.00. The van der Waals surface area contributed by atoms with Crippen molar-refractivity contribution >= 4 is 27.9 Å². The minimum atomic E-state index is -0.345. The Morgan fingerprint density at radius 1 is 1.07 bits per heavy atom. The molecule has 5 heteroatoms. The fraction of sp³-hybridized carbons (Fsp3) is 0.227. The van der Waals surface area contributed by atoms with Crippen LogP contribution in [0, 0.1) is 27.7 Å². The van der Waals surface area contributed by atoms with E-state index in [1.54, 1.807) is 6.07 Å². The van der Waals surface area contributed by atoms with Gasteiger partial charge >= 0.3 is 0 Å². The predicted octanol–water partition coefficient (Wildman–Crippen LogP) is 4.26. The maximum atomic E-state index is 12.9. The zero-order valence-electron chi connectivity index (χ0n) is 15.8. The molecule has 0 fully saturated rings. The smallest absolute Gasteiger partial charge is 0.297 e. The molecule has 0 saturated heterocycles. The number of rotatable bonds is 3. The number of carbonyl (C=O) groups is 1. The number of aromatic nitrogens is 2. The van der Waals surface area contributed by atoms with Crippen molar-refractivity contribution in [1.29, 1.82) is 0 Å². The highest BCUT2D eigenvalue weighted by atomic mass is 16.3. The number of Topliss-reactive ketones (excluding diaryl/α,β-unsaturated/α-hetero) is 1. The number of nitrogens with zero attached hydrogens (tertiary/aromatic N) is 2. The van der Waals surface area contributed by atoms with Crippen LogP contribution in [0.15, 0.2) is 45.9 Å². The van der Waals surface area contributed by atoms with Crippen molar-refractivity contribution in [3.05, 3.63) is 74.8 Å². The van der Waals surface area contributed by atoms with Crippen molar-refractivity contribution in [2.45, 2.75) is 34.2 Å². The van der Waals surface area contributed by atoms with E-state index < -0.39 is 0 Å². The topological polar surface area (TPSA) is 65.1 Å². The molecule has 136 valence electrons. The summed E-state index contributed by atoms with van der Waals surface area (Å²) in [4.78, 5) is 30.1. The number of para-hydroxylation sites is 1. The van der Waals surface area contributed by atoms with Crippen molar-refractivity contribution in [3.8, 4) is 0 Å². The van der Waals surface area contributed by atoms with Gasteiger partial charge in [0.05, 0.1) is 12.9 Å². The van der Waals surface area contributed by atoms with Gasteiger partial charge in [-0.3, -0.25) is 14.2 Å². The van der Waals surface area contributed by atoms with Gasteiger partial charge in [0, 0.05) is 10.9 Å². The highest BCUT2D eigenvalue weighted by Crippen LogP contribution is 2.25. The van der Waals surface area contributed by atoms with Crippen LogP contribution in [0.25, 0.3) is 22.1 Å². The van der Waals surface area contributed by atoms with Crippen molar-refractivity contribution in [2.75, 3.05) is 0 Å². The van der Waals surface area contributed by atoms with Crippen LogP contribution in [0.5, 0.6) is 0 Å². The van der Waals surface area contributed by atoms with Gasteiger partial charge in [-0.15, -0.1) is 0 Å². The number of hydrogen-bond acceptors (Lipinski definition) is 4. The lowest BCUT2D eigenvalue weighted by Crippen LogP contribution is -2.25. The van der Waals surface area contributed by atoms with Gasteiger partial charge in [-0.2, -0.15) is 0 Å². The lowest BCUT2D eigenvalue weighted by atomic mass is 9.92. The Kier molecular flexibility index (Phi) is 3.95. The quantitative estimate of drug-likeness (QED) is 0.512. The molecule has 4 rings (SSSR count). The third kappa shape index (κ3) is 2.67. The molecule has 0 amide bonds. The second kappa shape index (κ2) is 6.20. The second-order valence-corrected chi connectivity index (χ2v) is 6.99. The van der Waals surface area contributed by atoms with Crippen LogP contribution in [0.2, 0.25) is 0 Å². The van der Waals surface area contributed by atoms with E-state index >= 15 is 0 Å². The third-order valence-corrected chi connectivity index (χ3v) is 5.45. The lowest BCUT2D eigenvalue weighted by molar-refractivity contribution is 0.0970. The van der Waals surface area contributed by atoms with Crippen LogP contribution < -0.4 is 5.56 Å². The lowest BCUT2D eigenvalue weighted by Gasteiger charge is -2.14. The van der Waals surface area contributed by atoms with Crippen LogP contribution in [0.4, 0.5) is 0 Å². The summed E-state index contributed by atoms with van der Waals surface area (Å²) >= 11 is 0. The van der Waals surface area contributed by atoms with Crippen LogP contribution in [-0.2, 0) is 6.54 Å². The van der Waals surface area contributed by atoms with Gasteiger partial charge in [-0.25, -0.2) is 4.98 Å². The van der Waals surface area contributed by atoms with Gasteiger partial charge in [0.2, 0.25) is 5.58 Å². The van der Waals surface area contributed by atoms with Crippen LogP contribution in [0.1, 0.15) is 32.6 Å².